The average Bonchev–Trinajstić information content (AvgIpc) is 2.69. The smallest absolute Gasteiger partial charge is 0.334 e. The fourth-order valence-corrected chi connectivity index (χ4v) is 2.89. The largest absolute Gasteiger partial charge is 0.458 e. The first-order chi connectivity index (χ1) is 10.3. The van der Waals surface area contributed by atoms with E-state index in [1.165, 1.54) is 6.92 Å². The average molecular weight is 306 g/mol. The van der Waals surface area contributed by atoms with Crippen molar-refractivity contribution < 1.29 is 24.2 Å². The van der Waals surface area contributed by atoms with Gasteiger partial charge >= 0.3 is 11.9 Å². The Balaban J connectivity index is 2.33. The van der Waals surface area contributed by atoms with Gasteiger partial charge in [0, 0.05) is 24.8 Å². The number of aliphatic hydroxyl groups excluding tert-OH is 1. The minimum atomic E-state index is -0.754. The van der Waals surface area contributed by atoms with Gasteiger partial charge in [0.1, 0.15) is 12.2 Å². The number of hydrogen-bond donors (Lipinski definition) is 1. The van der Waals surface area contributed by atoms with Crippen molar-refractivity contribution in [2.24, 2.45) is 5.92 Å². The SMILES string of the molecule is C=C1CC[C@H]2C(=C)C(=O)O[C@@H]2/C=C(/C)[C@@H](OC(C)=O)C[C@H]1O. The van der Waals surface area contributed by atoms with Crippen molar-refractivity contribution in [3.63, 3.8) is 0 Å². The molecule has 5 nitrogen and oxygen atoms in total. The van der Waals surface area contributed by atoms with Crippen LogP contribution < -0.4 is 0 Å². The highest BCUT2D eigenvalue weighted by atomic mass is 16.6. The third-order valence-electron chi connectivity index (χ3n) is 4.28. The molecule has 0 aromatic rings. The molecule has 1 saturated heterocycles. The normalized spacial score (nSPS) is 35.2. The summed E-state index contributed by atoms with van der Waals surface area (Å²) in [4.78, 5) is 23.0. The van der Waals surface area contributed by atoms with Gasteiger partial charge in [-0.2, -0.15) is 0 Å². The third-order valence-corrected chi connectivity index (χ3v) is 4.28. The highest BCUT2D eigenvalue weighted by molar-refractivity contribution is 5.91. The monoisotopic (exact) mass is 306 g/mol. The molecular weight excluding hydrogens is 284 g/mol. The number of carbonyl (C=O) groups is 2. The summed E-state index contributed by atoms with van der Waals surface area (Å²) in [6.45, 7) is 10.8. The molecule has 0 aromatic heterocycles. The van der Waals surface area contributed by atoms with Crippen molar-refractivity contribution in [2.75, 3.05) is 0 Å². The van der Waals surface area contributed by atoms with Crippen LogP contribution in [0.5, 0.6) is 0 Å². The van der Waals surface area contributed by atoms with Gasteiger partial charge in [-0.05, 0) is 37.0 Å². The Morgan fingerprint density at radius 1 is 1.45 bits per heavy atom. The number of ether oxygens (including phenoxy) is 2. The van der Waals surface area contributed by atoms with Crippen LogP contribution in [0.25, 0.3) is 0 Å². The Labute approximate surface area is 130 Å². The third kappa shape index (κ3) is 3.47. The molecule has 0 amide bonds. The first kappa shape index (κ1) is 16.5. The van der Waals surface area contributed by atoms with E-state index in [1.54, 1.807) is 13.0 Å². The molecular formula is C17H22O5. The quantitative estimate of drug-likeness (QED) is 0.456. The molecule has 120 valence electrons. The molecule has 1 aliphatic carbocycles. The van der Waals surface area contributed by atoms with Gasteiger partial charge in [0.05, 0.1) is 6.10 Å². The van der Waals surface area contributed by atoms with Crippen LogP contribution in [0.15, 0.2) is 36.0 Å². The number of fused-ring (bicyclic) bond motifs is 1. The summed E-state index contributed by atoms with van der Waals surface area (Å²) in [6.07, 6.45) is 1.56. The molecule has 5 heteroatoms. The van der Waals surface area contributed by atoms with Gasteiger partial charge in [0.25, 0.3) is 0 Å². The zero-order chi connectivity index (χ0) is 16.4. The van der Waals surface area contributed by atoms with Crippen molar-refractivity contribution in [3.8, 4) is 0 Å². The molecule has 0 unspecified atom stereocenters. The molecule has 0 aromatic carbocycles. The summed E-state index contributed by atoms with van der Waals surface area (Å²) >= 11 is 0. The summed E-state index contributed by atoms with van der Waals surface area (Å²) in [5.41, 5.74) is 1.86. The maximum Gasteiger partial charge on any atom is 0.334 e. The van der Waals surface area contributed by atoms with Crippen LogP contribution >= 0.6 is 0 Å². The summed E-state index contributed by atoms with van der Waals surface area (Å²) in [6, 6.07) is 0. The lowest BCUT2D eigenvalue weighted by molar-refractivity contribution is -0.146. The lowest BCUT2D eigenvalue weighted by Crippen LogP contribution is -2.28. The maximum absolute atomic E-state index is 11.7. The van der Waals surface area contributed by atoms with E-state index < -0.39 is 30.3 Å². The minimum absolute atomic E-state index is 0.137. The Hall–Kier alpha value is -1.88. The van der Waals surface area contributed by atoms with Gasteiger partial charge in [0.15, 0.2) is 0 Å². The van der Waals surface area contributed by atoms with E-state index in [-0.39, 0.29) is 12.3 Å². The second-order valence-corrected chi connectivity index (χ2v) is 5.96. The predicted molar refractivity (Wildman–Crippen MR) is 80.8 cm³/mol. The Kier molecular flexibility index (Phi) is 4.86. The van der Waals surface area contributed by atoms with Gasteiger partial charge in [-0.1, -0.05) is 13.2 Å². The van der Waals surface area contributed by atoms with Crippen molar-refractivity contribution in [1.82, 2.24) is 0 Å². The maximum atomic E-state index is 11.7. The van der Waals surface area contributed by atoms with Gasteiger partial charge in [0.2, 0.25) is 0 Å². The molecule has 1 fully saturated rings. The highest BCUT2D eigenvalue weighted by Crippen LogP contribution is 2.35. The fraction of sp³-hybridized carbons (Fsp3) is 0.529. The number of hydrogen-bond acceptors (Lipinski definition) is 5. The highest BCUT2D eigenvalue weighted by Gasteiger charge is 2.38. The van der Waals surface area contributed by atoms with Crippen LogP contribution in [-0.2, 0) is 19.1 Å². The standard InChI is InChI=1S/C17H22O5/c1-9-5-6-13-11(3)17(20)22-16(13)7-10(2)15(8-14(9)19)21-12(4)18/h7,13-16,19H,1,3,5-6,8H2,2,4H3/b10-7-/t13-,14+,15-,16+/m0/s1. The molecule has 0 spiro atoms. The van der Waals surface area contributed by atoms with E-state index >= 15 is 0 Å². The molecule has 2 aliphatic rings. The van der Waals surface area contributed by atoms with Crippen LogP contribution in [-0.4, -0.2) is 35.4 Å². The number of rotatable bonds is 1. The molecule has 1 heterocycles. The predicted octanol–water partition coefficient (Wildman–Crippen LogP) is 2.06. The molecule has 22 heavy (non-hydrogen) atoms. The van der Waals surface area contributed by atoms with Crippen molar-refractivity contribution in [2.45, 2.75) is 51.4 Å². The molecule has 1 N–H and O–H groups in total. The van der Waals surface area contributed by atoms with Gasteiger partial charge in [-0.3, -0.25) is 4.79 Å². The van der Waals surface area contributed by atoms with Crippen LogP contribution in [0, 0.1) is 5.92 Å². The number of aliphatic hydroxyl groups is 1. The van der Waals surface area contributed by atoms with E-state index in [0.29, 0.717) is 24.0 Å². The molecule has 0 radical (unpaired) electrons. The zero-order valence-electron chi connectivity index (χ0n) is 13.0. The molecule has 1 aliphatic heterocycles. The second kappa shape index (κ2) is 6.48. The minimum Gasteiger partial charge on any atom is -0.458 e. The molecule has 2 rings (SSSR count). The lowest BCUT2D eigenvalue weighted by Gasteiger charge is -2.26. The van der Waals surface area contributed by atoms with E-state index in [0.717, 1.165) is 5.57 Å². The molecule has 0 bridgehead atoms. The summed E-state index contributed by atoms with van der Waals surface area (Å²) < 4.78 is 10.6. The van der Waals surface area contributed by atoms with Crippen LogP contribution in [0.1, 0.15) is 33.1 Å². The lowest BCUT2D eigenvalue weighted by atomic mass is 9.85. The van der Waals surface area contributed by atoms with E-state index in [2.05, 4.69) is 13.2 Å². The Morgan fingerprint density at radius 3 is 2.77 bits per heavy atom. The second-order valence-electron chi connectivity index (χ2n) is 5.96. The first-order valence-electron chi connectivity index (χ1n) is 7.40. The van der Waals surface area contributed by atoms with E-state index in [1.807, 2.05) is 0 Å². The van der Waals surface area contributed by atoms with E-state index in [4.69, 9.17) is 9.47 Å². The van der Waals surface area contributed by atoms with Gasteiger partial charge in [-0.25, -0.2) is 4.79 Å². The molecule has 0 saturated carbocycles. The fourth-order valence-electron chi connectivity index (χ4n) is 2.89. The summed E-state index contributed by atoms with van der Waals surface area (Å²) in [5, 5.41) is 10.2. The first-order valence-corrected chi connectivity index (χ1v) is 7.40. The van der Waals surface area contributed by atoms with E-state index in [9.17, 15) is 14.7 Å². The van der Waals surface area contributed by atoms with Crippen molar-refractivity contribution >= 4 is 11.9 Å². The zero-order valence-corrected chi connectivity index (χ0v) is 13.0. The topological polar surface area (TPSA) is 72.8 Å². The number of carbonyl (C=O) groups excluding carboxylic acids is 2. The van der Waals surface area contributed by atoms with Gasteiger partial charge in [-0.15, -0.1) is 0 Å². The Morgan fingerprint density at radius 2 is 2.14 bits per heavy atom. The van der Waals surface area contributed by atoms with Crippen LogP contribution in [0.2, 0.25) is 0 Å². The number of esters is 2. The van der Waals surface area contributed by atoms with Gasteiger partial charge < -0.3 is 14.6 Å². The summed E-state index contributed by atoms with van der Waals surface area (Å²) in [5.74, 6) is -0.951. The molecule has 4 atom stereocenters. The van der Waals surface area contributed by atoms with Crippen molar-refractivity contribution in [1.29, 1.82) is 0 Å². The van der Waals surface area contributed by atoms with Crippen LogP contribution in [0.3, 0.4) is 0 Å². The Bertz CT molecular complexity index is 545. The van der Waals surface area contributed by atoms with Crippen molar-refractivity contribution in [3.05, 3.63) is 36.0 Å². The summed E-state index contributed by atoms with van der Waals surface area (Å²) in [7, 11) is 0. The van der Waals surface area contributed by atoms with Crippen LogP contribution in [0.4, 0.5) is 0 Å².